The van der Waals surface area contributed by atoms with E-state index in [1.165, 1.54) is 19.3 Å². The number of nitrogens with one attached hydrogen (secondary N) is 3. The predicted molar refractivity (Wildman–Crippen MR) is 92.0 cm³/mol. The minimum Gasteiger partial charge on any atom is -0.357 e. The molecule has 0 heterocycles. The van der Waals surface area contributed by atoms with E-state index in [1.54, 1.807) is 0 Å². The minimum absolute atomic E-state index is 0.0629. The molecule has 0 radical (unpaired) electrons. The van der Waals surface area contributed by atoms with Gasteiger partial charge in [-0.1, -0.05) is 0 Å². The molecule has 0 aromatic heterocycles. The van der Waals surface area contributed by atoms with Crippen molar-refractivity contribution in [3.63, 3.8) is 0 Å². The molecule has 5 nitrogen and oxygen atoms in total. The van der Waals surface area contributed by atoms with E-state index < -0.39 is 0 Å². The van der Waals surface area contributed by atoms with Crippen LogP contribution in [-0.4, -0.2) is 48.5 Å². The Kier molecular flexibility index (Phi) is 8.57. The molecule has 0 aliphatic heterocycles. The Morgan fingerprint density at radius 3 is 2.71 bits per heavy atom. The normalized spacial score (nSPS) is 22.4. The Morgan fingerprint density at radius 1 is 1.38 bits per heavy atom. The highest BCUT2D eigenvalue weighted by Gasteiger charge is 2.24. The van der Waals surface area contributed by atoms with Gasteiger partial charge in [0.1, 0.15) is 0 Å². The lowest BCUT2D eigenvalue weighted by Crippen LogP contribution is -2.42. The first-order chi connectivity index (χ1) is 10.0. The van der Waals surface area contributed by atoms with E-state index >= 15 is 0 Å². The first-order valence-electron chi connectivity index (χ1n) is 7.92. The maximum Gasteiger partial charge on any atom is 0.222 e. The van der Waals surface area contributed by atoms with Gasteiger partial charge >= 0.3 is 0 Å². The molecular formula is C15H30N4OS. The maximum atomic E-state index is 11.6. The van der Waals surface area contributed by atoms with Gasteiger partial charge in [0.15, 0.2) is 5.96 Å². The monoisotopic (exact) mass is 314 g/mol. The van der Waals surface area contributed by atoms with Gasteiger partial charge in [-0.05, 0) is 46.3 Å². The molecule has 1 rings (SSSR count). The van der Waals surface area contributed by atoms with Crippen LogP contribution in [0.25, 0.3) is 0 Å². The van der Waals surface area contributed by atoms with Crippen LogP contribution in [0.15, 0.2) is 4.99 Å². The second kappa shape index (κ2) is 9.92. The summed E-state index contributed by atoms with van der Waals surface area (Å²) >= 11 is 1.95. The number of guanidine groups is 1. The summed E-state index contributed by atoms with van der Waals surface area (Å²) in [6.07, 6.45) is 6.28. The number of hydrogen-bond donors (Lipinski definition) is 3. The van der Waals surface area contributed by atoms with Crippen molar-refractivity contribution in [2.45, 2.75) is 63.8 Å². The quantitative estimate of drug-likeness (QED) is 0.495. The largest absolute Gasteiger partial charge is 0.357 e. The van der Waals surface area contributed by atoms with Gasteiger partial charge in [0.05, 0.1) is 6.54 Å². The van der Waals surface area contributed by atoms with Crippen LogP contribution in [-0.2, 0) is 4.79 Å². The molecular weight excluding hydrogens is 284 g/mol. The van der Waals surface area contributed by atoms with Crippen molar-refractivity contribution < 1.29 is 4.79 Å². The summed E-state index contributed by atoms with van der Waals surface area (Å²) in [5.74, 6) is 0.898. The van der Waals surface area contributed by atoms with Gasteiger partial charge in [-0.25, -0.2) is 0 Å². The van der Waals surface area contributed by atoms with Crippen LogP contribution >= 0.6 is 11.8 Å². The topological polar surface area (TPSA) is 65.5 Å². The molecule has 6 heteroatoms. The van der Waals surface area contributed by atoms with E-state index in [0.717, 1.165) is 17.8 Å². The van der Waals surface area contributed by atoms with E-state index in [0.29, 0.717) is 19.0 Å². The zero-order valence-electron chi connectivity index (χ0n) is 13.7. The van der Waals surface area contributed by atoms with Crippen molar-refractivity contribution in [3.8, 4) is 0 Å². The molecule has 3 N–H and O–H groups in total. The van der Waals surface area contributed by atoms with E-state index in [4.69, 9.17) is 0 Å². The SMILES string of the molecule is CCNC(=NCCC(=O)NC(C)C)NC1CCC(SC)C1. The third kappa shape index (κ3) is 7.60. The van der Waals surface area contributed by atoms with Gasteiger partial charge in [-0.15, -0.1) is 0 Å². The molecule has 1 fully saturated rings. The Morgan fingerprint density at radius 2 is 2.14 bits per heavy atom. The lowest BCUT2D eigenvalue weighted by atomic mass is 10.2. The zero-order valence-corrected chi connectivity index (χ0v) is 14.6. The summed E-state index contributed by atoms with van der Waals surface area (Å²) in [6, 6.07) is 0.694. The highest BCUT2D eigenvalue weighted by molar-refractivity contribution is 7.99. The molecule has 0 bridgehead atoms. The van der Waals surface area contributed by atoms with Crippen LogP contribution in [0.3, 0.4) is 0 Å². The molecule has 0 saturated heterocycles. The summed E-state index contributed by atoms with van der Waals surface area (Å²) in [5.41, 5.74) is 0. The Balaban J connectivity index is 2.37. The second-order valence-electron chi connectivity index (χ2n) is 5.74. The minimum atomic E-state index is 0.0629. The van der Waals surface area contributed by atoms with Gasteiger partial charge in [0, 0.05) is 30.3 Å². The summed E-state index contributed by atoms with van der Waals surface area (Å²) in [4.78, 5) is 16.1. The van der Waals surface area contributed by atoms with Crippen molar-refractivity contribution >= 4 is 23.6 Å². The fourth-order valence-electron chi connectivity index (χ4n) is 2.46. The molecule has 2 unspecified atom stereocenters. The van der Waals surface area contributed by atoms with Crippen LogP contribution < -0.4 is 16.0 Å². The van der Waals surface area contributed by atoms with Gasteiger partial charge in [-0.2, -0.15) is 11.8 Å². The number of carbonyl (C=O) groups excluding carboxylic acids is 1. The smallest absolute Gasteiger partial charge is 0.222 e. The zero-order chi connectivity index (χ0) is 15.7. The van der Waals surface area contributed by atoms with Gasteiger partial charge < -0.3 is 16.0 Å². The van der Waals surface area contributed by atoms with Crippen LogP contribution in [0.1, 0.15) is 46.5 Å². The number of hydrogen-bond acceptors (Lipinski definition) is 3. The molecule has 1 aliphatic carbocycles. The fourth-order valence-corrected chi connectivity index (χ4v) is 3.26. The van der Waals surface area contributed by atoms with Crippen LogP contribution in [0, 0.1) is 0 Å². The first-order valence-corrected chi connectivity index (χ1v) is 9.21. The van der Waals surface area contributed by atoms with E-state index in [-0.39, 0.29) is 11.9 Å². The Labute approximate surface area is 133 Å². The van der Waals surface area contributed by atoms with Crippen molar-refractivity contribution in [2.75, 3.05) is 19.3 Å². The summed E-state index contributed by atoms with van der Waals surface area (Å²) in [7, 11) is 0. The lowest BCUT2D eigenvalue weighted by molar-refractivity contribution is -0.121. The number of carbonyl (C=O) groups is 1. The standard InChI is InChI=1S/C15H30N4OS/c1-5-16-15(17-9-8-14(20)18-11(2)3)19-12-6-7-13(10-12)21-4/h11-13H,5-10H2,1-4H3,(H,18,20)(H2,16,17,19). The van der Waals surface area contributed by atoms with Crippen molar-refractivity contribution in [2.24, 2.45) is 4.99 Å². The highest BCUT2D eigenvalue weighted by Crippen LogP contribution is 2.27. The maximum absolute atomic E-state index is 11.6. The van der Waals surface area contributed by atoms with Crippen LogP contribution in [0.5, 0.6) is 0 Å². The lowest BCUT2D eigenvalue weighted by Gasteiger charge is -2.17. The van der Waals surface area contributed by atoms with Gasteiger partial charge in [0.2, 0.25) is 5.91 Å². The fraction of sp³-hybridized carbons (Fsp3) is 0.867. The van der Waals surface area contributed by atoms with Crippen molar-refractivity contribution in [1.29, 1.82) is 0 Å². The number of amides is 1. The van der Waals surface area contributed by atoms with Crippen molar-refractivity contribution in [3.05, 3.63) is 0 Å². The Hall–Kier alpha value is -0.910. The van der Waals surface area contributed by atoms with E-state index in [1.807, 2.05) is 25.6 Å². The summed E-state index contributed by atoms with van der Waals surface area (Å²) in [6.45, 7) is 7.35. The summed E-state index contributed by atoms with van der Waals surface area (Å²) < 4.78 is 0. The van der Waals surface area contributed by atoms with E-state index in [2.05, 4.69) is 34.1 Å². The third-order valence-electron chi connectivity index (χ3n) is 3.46. The average Bonchev–Trinajstić information content (AvgIpc) is 2.85. The Bertz CT molecular complexity index is 347. The number of aliphatic imine (C=N–C) groups is 1. The van der Waals surface area contributed by atoms with E-state index in [9.17, 15) is 4.79 Å². The predicted octanol–water partition coefficient (Wildman–Crippen LogP) is 1.74. The number of rotatable bonds is 7. The molecule has 122 valence electrons. The van der Waals surface area contributed by atoms with Crippen LogP contribution in [0.2, 0.25) is 0 Å². The van der Waals surface area contributed by atoms with Gasteiger partial charge in [0.25, 0.3) is 0 Å². The van der Waals surface area contributed by atoms with Crippen LogP contribution in [0.4, 0.5) is 0 Å². The molecule has 21 heavy (non-hydrogen) atoms. The first kappa shape index (κ1) is 18.1. The number of thioether (sulfide) groups is 1. The summed E-state index contributed by atoms with van der Waals surface area (Å²) in [5, 5.41) is 10.4. The average molecular weight is 314 g/mol. The second-order valence-corrected chi connectivity index (χ2v) is 6.88. The van der Waals surface area contributed by atoms with Crippen molar-refractivity contribution in [1.82, 2.24) is 16.0 Å². The molecule has 1 saturated carbocycles. The number of nitrogens with zero attached hydrogens (tertiary/aromatic N) is 1. The molecule has 1 aliphatic rings. The molecule has 0 spiro atoms. The molecule has 2 atom stereocenters. The highest BCUT2D eigenvalue weighted by atomic mass is 32.2. The molecule has 1 amide bonds. The third-order valence-corrected chi connectivity index (χ3v) is 4.56. The van der Waals surface area contributed by atoms with Gasteiger partial charge in [-0.3, -0.25) is 9.79 Å². The molecule has 0 aromatic carbocycles. The molecule has 0 aromatic rings.